The summed E-state index contributed by atoms with van der Waals surface area (Å²) in [6.07, 6.45) is 0. The van der Waals surface area contributed by atoms with E-state index in [1.807, 2.05) is 31.2 Å². The minimum atomic E-state index is -0.122. The molecule has 2 aromatic rings. The highest BCUT2D eigenvalue weighted by Gasteiger charge is 2.00. The summed E-state index contributed by atoms with van der Waals surface area (Å²) in [5.41, 5.74) is 1.47. The molecule has 0 radical (unpaired) electrons. The van der Waals surface area contributed by atoms with Crippen LogP contribution in [0.1, 0.15) is 5.69 Å². The number of aryl methyl sites for hydroxylation is 1. The van der Waals surface area contributed by atoms with Gasteiger partial charge < -0.3 is 0 Å². The van der Waals surface area contributed by atoms with E-state index in [0.717, 1.165) is 15.9 Å². The third kappa shape index (κ3) is 2.15. The Labute approximate surface area is 95.5 Å². The van der Waals surface area contributed by atoms with Crippen molar-refractivity contribution in [3.63, 3.8) is 0 Å². The zero-order valence-electron chi connectivity index (χ0n) is 8.14. The van der Waals surface area contributed by atoms with Gasteiger partial charge in [0.2, 0.25) is 0 Å². The average Bonchev–Trinajstić information content (AvgIpc) is 2.23. The van der Waals surface area contributed by atoms with E-state index >= 15 is 0 Å². The Kier molecular flexibility index (Phi) is 2.68. The Bertz CT molecular complexity index is 531. The number of rotatable bonds is 1. The Hall–Kier alpha value is -1.42. The lowest BCUT2D eigenvalue weighted by atomic mass is 10.3. The molecule has 0 fully saturated rings. The molecule has 0 saturated heterocycles. The van der Waals surface area contributed by atoms with Gasteiger partial charge in [0.1, 0.15) is 0 Å². The lowest BCUT2D eigenvalue weighted by Gasteiger charge is -2.04. The molecule has 15 heavy (non-hydrogen) atoms. The van der Waals surface area contributed by atoms with E-state index in [1.165, 1.54) is 10.7 Å². The molecule has 0 aliphatic carbocycles. The summed E-state index contributed by atoms with van der Waals surface area (Å²) in [5, 5.41) is 4.16. The van der Waals surface area contributed by atoms with Crippen LogP contribution < -0.4 is 5.56 Å². The first kappa shape index (κ1) is 10.1. The van der Waals surface area contributed by atoms with Crippen molar-refractivity contribution < 1.29 is 0 Å². The first-order valence-corrected chi connectivity index (χ1v) is 5.29. The molecule has 1 aromatic heterocycles. The molecule has 76 valence electrons. The summed E-state index contributed by atoms with van der Waals surface area (Å²) < 4.78 is 2.37. The second-order valence-corrected chi connectivity index (χ2v) is 4.12. The maximum atomic E-state index is 11.5. The molecular formula is C11H9BrN2O. The number of halogens is 1. The van der Waals surface area contributed by atoms with E-state index in [-0.39, 0.29) is 5.56 Å². The van der Waals surface area contributed by atoms with Crippen molar-refractivity contribution in [1.29, 1.82) is 0 Å². The molecule has 0 aliphatic rings. The second-order valence-electron chi connectivity index (χ2n) is 3.20. The van der Waals surface area contributed by atoms with Gasteiger partial charge in [0.25, 0.3) is 5.56 Å². The molecule has 0 aliphatic heterocycles. The molecule has 2 rings (SSSR count). The molecule has 1 aromatic carbocycles. The van der Waals surface area contributed by atoms with E-state index in [9.17, 15) is 4.79 Å². The molecule has 0 unspecified atom stereocenters. The van der Waals surface area contributed by atoms with Gasteiger partial charge >= 0.3 is 0 Å². The maximum absolute atomic E-state index is 11.5. The van der Waals surface area contributed by atoms with Crippen LogP contribution in [0.5, 0.6) is 0 Å². The summed E-state index contributed by atoms with van der Waals surface area (Å²) in [6.45, 7) is 1.86. The predicted molar refractivity (Wildman–Crippen MR) is 62.3 cm³/mol. The lowest BCUT2D eigenvalue weighted by Crippen LogP contribution is -2.20. The summed E-state index contributed by atoms with van der Waals surface area (Å²) in [4.78, 5) is 11.5. The standard InChI is InChI=1S/C11H9BrN2O/c1-8-2-7-11(15)14(13-8)10-5-3-9(12)4-6-10/h2-7H,1H3. The molecular weight excluding hydrogens is 256 g/mol. The van der Waals surface area contributed by atoms with Gasteiger partial charge in [-0.1, -0.05) is 15.9 Å². The third-order valence-electron chi connectivity index (χ3n) is 2.00. The first-order valence-electron chi connectivity index (χ1n) is 4.50. The Morgan fingerprint density at radius 3 is 2.47 bits per heavy atom. The quantitative estimate of drug-likeness (QED) is 0.793. The summed E-state index contributed by atoms with van der Waals surface area (Å²) >= 11 is 3.34. The van der Waals surface area contributed by atoms with Crippen molar-refractivity contribution in [1.82, 2.24) is 9.78 Å². The van der Waals surface area contributed by atoms with Crippen molar-refractivity contribution >= 4 is 15.9 Å². The van der Waals surface area contributed by atoms with Crippen LogP contribution in [0.3, 0.4) is 0 Å². The van der Waals surface area contributed by atoms with E-state index < -0.39 is 0 Å². The highest BCUT2D eigenvalue weighted by molar-refractivity contribution is 9.10. The minimum absolute atomic E-state index is 0.122. The molecule has 0 amide bonds. The molecule has 0 bridgehead atoms. The van der Waals surface area contributed by atoms with Crippen LogP contribution in [0.25, 0.3) is 5.69 Å². The normalized spacial score (nSPS) is 10.3. The molecule has 0 spiro atoms. The van der Waals surface area contributed by atoms with E-state index in [2.05, 4.69) is 21.0 Å². The summed E-state index contributed by atoms with van der Waals surface area (Å²) in [6, 6.07) is 10.7. The topological polar surface area (TPSA) is 34.9 Å². The highest BCUT2D eigenvalue weighted by atomic mass is 79.9. The zero-order valence-corrected chi connectivity index (χ0v) is 9.73. The fourth-order valence-electron chi connectivity index (χ4n) is 1.27. The number of benzene rings is 1. The van der Waals surface area contributed by atoms with E-state index in [4.69, 9.17) is 0 Å². The van der Waals surface area contributed by atoms with Gasteiger partial charge in [0.05, 0.1) is 11.4 Å². The highest BCUT2D eigenvalue weighted by Crippen LogP contribution is 2.11. The Balaban J connectivity index is 2.58. The zero-order chi connectivity index (χ0) is 10.8. The first-order chi connectivity index (χ1) is 7.16. The van der Waals surface area contributed by atoms with Crippen LogP contribution >= 0.6 is 15.9 Å². The van der Waals surface area contributed by atoms with Crippen molar-refractivity contribution in [3.8, 4) is 5.69 Å². The Morgan fingerprint density at radius 1 is 1.13 bits per heavy atom. The van der Waals surface area contributed by atoms with Gasteiger partial charge in [0.15, 0.2) is 0 Å². The largest absolute Gasteiger partial charge is 0.271 e. The van der Waals surface area contributed by atoms with Crippen LogP contribution in [0.4, 0.5) is 0 Å². The van der Waals surface area contributed by atoms with Crippen LogP contribution in [-0.4, -0.2) is 9.78 Å². The summed E-state index contributed by atoms with van der Waals surface area (Å²) in [7, 11) is 0. The van der Waals surface area contributed by atoms with Gasteiger partial charge in [-0.25, -0.2) is 0 Å². The monoisotopic (exact) mass is 264 g/mol. The minimum Gasteiger partial charge on any atom is -0.267 e. The number of hydrogen-bond donors (Lipinski definition) is 0. The number of nitrogens with zero attached hydrogens (tertiary/aromatic N) is 2. The maximum Gasteiger partial charge on any atom is 0.271 e. The second kappa shape index (κ2) is 3.98. The average molecular weight is 265 g/mol. The molecule has 0 N–H and O–H groups in total. The van der Waals surface area contributed by atoms with Crippen LogP contribution in [0.15, 0.2) is 45.7 Å². The van der Waals surface area contributed by atoms with Gasteiger partial charge in [-0.3, -0.25) is 4.79 Å². The fourth-order valence-corrected chi connectivity index (χ4v) is 1.53. The van der Waals surface area contributed by atoms with Crippen molar-refractivity contribution in [2.24, 2.45) is 0 Å². The van der Waals surface area contributed by atoms with Gasteiger partial charge in [-0.2, -0.15) is 9.78 Å². The van der Waals surface area contributed by atoms with Crippen LogP contribution in [0, 0.1) is 6.92 Å². The SMILES string of the molecule is Cc1ccc(=O)n(-c2ccc(Br)cc2)n1. The van der Waals surface area contributed by atoms with Gasteiger partial charge in [-0.15, -0.1) is 0 Å². The van der Waals surface area contributed by atoms with Crippen LogP contribution in [-0.2, 0) is 0 Å². The van der Waals surface area contributed by atoms with Crippen molar-refractivity contribution in [2.45, 2.75) is 6.92 Å². The molecule has 0 atom stereocenters. The van der Waals surface area contributed by atoms with Gasteiger partial charge in [0, 0.05) is 10.5 Å². The predicted octanol–water partition coefficient (Wildman–Crippen LogP) is 2.30. The fraction of sp³-hybridized carbons (Fsp3) is 0.0909. The van der Waals surface area contributed by atoms with Crippen LogP contribution in [0.2, 0.25) is 0 Å². The molecule has 4 heteroatoms. The Morgan fingerprint density at radius 2 is 1.80 bits per heavy atom. The van der Waals surface area contributed by atoms with E-state index in [0.29, 0.717) is 0 Å². The van der Waals surface area contributed by atoms with Gasteiger partial charge in [-0.05, 0) is 37.3 Å². The third-order valence-corrected chi connectivity index (χ3v) is 2.53. The smallest absolute Gasteiger partial charge is 0.267 e. The lowest BCUT2D eigenvalue weighted by molar-refractivity contribution is 0.785. The summed E-state index contributed by atoms with van der Waals surface area (Å²) in [5.74, 6) is 0. The molecule has 0 saturated carbocycles. The number of aromatic nitrogens is 2. The van der Waals surface area contributed by atoms with Crippen molar-refractivity contribution in [3.05, 3.63) is 56.9 Å². The van der Waals surface area contributed by atoms with Crippen molar-refractivity contribution in [2.75, 3.05) is 0 Å². The molecule has 1 heterocycles. The van der Waals surface area contributed by atoms with E-state index in [1.54, 1.807) is 6.07 Å². The molecule has 3 nitrogen and oxygen atoms in total. The number of hydrogen-bond acceptors (Lipinski definition) is 2.